The molecule has 0 aliphatic heterocycles. The van der Waals surface area contributed by atoms with Gasteiger partial charge in [0.1, 0.15) is 12.6 Å². The number of rotatable bonds is 8. The number of carboxylic acids is 1. The molecule has 2 aromatic carbocycles. The first kappa shape index (κ1) is 21.0. The summed E-state index contributed by atoms with van der Waals surface area (Å²) in [4.78, 5) is 35.4. The Hall–Kier alpha value is -3.35. The van der Waals surface area contributed by atoms with Crippen molar-refractivity contribution in [1.82, 2.24) is 10.6 Å². The van der Waals surface area contributed by atoms with E-state index >= 15 is 0 Å². The molecule has 0 heterocycles. The lowest BCUT2D eigenvalue weighted by Gasteiger charge is -2.21. The molecule has 0 fully saturated rings. The van der Waals surface area contributed by atoms with Crippen LogP contribution in [0.2, 0.25) is 0 Å². The van der Waals surface area contributed by atoms with Gasteiger partial charge in [0.25, 0.3) is 0 Å². The smallest absolute Gasteiger partial charge is 0.408 e. The van der Waals surface area contributed by atoms with Crippen LogP contribution in [0.4, 0.5) is 4.79 Å². The van der Waals surface area contributed by atoms with Gasteiger partial charge in [-0.05, 0) is 29.2 Å². The Morgan fingerprint density at radius 2 is 1.61 bits per heavy atom. The van der Waals surface area contributed by atoms with Crippen molar-refractivity contribution < 1.29 is 24.2 Å². The van der Waals surface area contributed by atoms with E-state index in [-0.39, 0.29) is 30.5 Å². The van der Waals surface area contributed by atoms with Crippen LogP contribution >= 0.6 is 0 Å². The molecule has 0 unspecified atom stereocenters. The molecule has 0 saturated heterocycles. The minimum absolute atomic E-state index is 0.120. The summed E-state index contributed by atoms with van der Waals surface area (Å²) in [6.07, 6.45) is -0.663. The maximum absolute atomic E-state index is 12.5. The summed E-state index contributed by atoms with van der Waals surface area (Å²) in [6.45, 7) is 3.99. The largest absolute Gasteiger partial charge is 0.478 e. The van der Waals surface area contributed by atoms with Crippen molar-refractivity contribution in [3.05, 3.63) is 71.3 Å². The van der Waals surface area contributed by atoms with Crippen LogP contribution in [0, 0.1) is 5.92 Å². The molecule has 7 heteroatoms. The summed E-state index contributed by atoms with van der Waals surface area (Å²) in [5.41, 5.74) is 1.79. The minimum Gasteiger partial charge on any atom is -0.478 e. The highest BCUT2D eigenvalue weighted by molar-refractivity contribution is 5.87. The number of benzene rings is 2. The van der Waals surface area contributed by atoms with Gasteiger partial charge in [0.2, 0.25) is 5.91 Å². The third-order valence-electron chi connectivity index (χ3n) is 4.10. The Morgan fingerprint density at radius 3 is 2.18 bits per heavy atom. The molecule has 2 aromatic rings. The Kier molecular flexibility index (Phi) is 7.56. The number of amides is 2. The van der Waals surface area contributed by atoms with Crippen molar-refractivity contribution in [2.45, 2.75) is 33.0 Å². The fraction of sp³-hybridized carbons (Fsp3) is 0.286. The van der Waals surface area contributed by atoms with E-state index in [0.29, 0.717) is 0 Å². The van der Waals surface area contributed by atoms with Crippen LogP contribution in [0.1, 0.15) is 35.3 Å². The van der Waals surface area contributed by atoms with Gasteiger partial charge >= 0.3 is 12.1 Å². The minimum atomic E-state index is -1.01. The number of hydrogen-bond donors (Lipinski definition) is 3. The molecule has 0 radical (unpaired) electrons. The fourth-order valence-corrected chi connectivity index (χ4v) is 2.49. The summed E-state index contributed by atoms with van der Waals surface area (Å²) in [5.74, 6) is -1.48. The van der Waals surface area contributed by atoms with Gasteiger partial charge in [-0.25, -0.2) is 9.59 Å². The molecule has 0 aliphatic carbocycles. The molecule has 0 spiro atoms. The molecular formula is C21H24N2O5. The summed E-state index contributed by atoms with van der Waals surface area (Å²) in [6, 6.07) is 14.7. The predicted molar refractivity (Wildman–Crippen MR) is 104 cm³/mol. The first-order valence-corrected chi connectivity index (χ1v) is 8.94. The number of carboxylic acid groups (broad SMARTS) is 1. The number of nitrogens with one attached hydrogen (secondary N) is 2. The van der Waals surface area contributed by atoms with Crippen molar-refractivity contribution in [3.63, 3.8) is 0 Å². The topological polar surface area (TPSA) is 105 Å². The number of hydrogen-bond acceptors (Lipinski definition) is 4. The molecule has 2 rings (SSSR count). The third-order valence-corrected chi connectivity index (χ3v) is 4.10. The summed E-state index contributed by atoms with van der Waals surface area (Å²) in [5, 5.41) is 14.3. The first-order chi connectivity index (χ1) is 13.4. The van der Waals surface area contributed by atoms with Crippen LogP contribution in [0.25, 0.3) is 0 Å². The standard InChI is InChI=1S/C21H24N2O5/c1-14(2)18(23-21(27)28-13-16-6-4-3-5-7-16)19(24)22-12-15-8-10-17(11-9-15)20(25)26/h3-11,14,18H,12-13H2,1-2H3,(H,22,24)(H,23,27)(H,25,26)/t18-/m1/s1. The molecule has 28 heavy (non-hydrogen) atoms. The van der Waals surface area contributed by atoms with E-state index in [4.69, 9.17) is 9.84 Å². The fourth-order valence-electron chi connectivity index (χ4n) is 2.49. The maximum atomic E-state index is 12.5. The summed E-state index contributed by atoms with van der Waals surface area (Å²) < 4.78 is 5.17. The molecule has 148 valence electrons. The van der Waals surface area contributed by atoms with Crippen LogP contribution < -0.4 is 10.6 Å². The average Bonchev–Trinajstić information content (AvgIpc) is 2.69. The molecule has 0 aromatic heterocycles. The second kappa shape index (κ2) is 10.1. The third kappa shape index (κ3) is 6.42. The second-order valence-corrected chi connectivity index (χ2v) is 6.65. The van der Waals surface area contributed by atoms with Gasteiger partial charge in [-0.15, -0.1) is 0 Å². The number of carbonyl (C=O) groups is 3. The van der Waals surface area contributed by atoms with Gasteiger partial charge < -0.3 is 20.5 Å². The number of alkyl carbamates (subject to hydrolysis) is 1. The van der Waals surface area contributed by atoms with E-state index < -0.39 is 18.1 Å². The van der Waals surface area contributed by atoms with Crippen molar-refractivity contribution in [2.24, 2.45) is 5.92 Å². The van der Waals surface area contributed by atoms with E-state index in [1.165, 1.54) is 12.1 Å². The van der Waals surface area contributed by atoms with Crippen LogP contribution in [0.5, 0.6) is 0 Å². The molecule has 3 N–H and O–H groups in total. The van der Waals surface area contributed by atoms with Gasteiger partial charge in [-0.3, -0.25) is 4.79 Å². The van der Waals surface area contributed by atoms with Crippen LogP contribution in [0.15, 0.2) is 54.6 Å². The first-order valence-electron chi connectivity index (χ1n) is 8.94. The molecule has 1 atom stereocenters. The van der Waals surface area contributed by atoms with E-state index in [9.17, 15) is 14.4 Å². The van der Waals surface area contributed by atoms with E-state index in [0.717, 1.165) is 11.1 Å². The lowest BCUT2D eigenvalue weighted by atomic mass is 10.0. The van der Waals surface area contributed by atoms with Gasteiger partial charge in [-0.1, -0.05) is 56.3 Å². The zero-order valence-corrected chi connectivity index (χ0v) is 15.8. The van der Waals surface area contributed by atoms with Gasteiger partial charge in [-0.2, -0.15) is 0 Å². The molecular weight excluding hydrogens is 360 g/mol. The predicted octanol–water partition coefficient (Wildman–Crippen LogP) is 2.95. The molecule has 0 bridgehead atoms. The van der Waals surface area contributed by atoms with Gasteiger partial charge in [0.15, 0.2) is 0 Å². The lowest BCUT2D eigenvalue weighted by molar-refractivity contribution is -0.124. The quantitative estimate of drug-likeness (QED) is 0.649. The SMILES string of the molecule is CC(C)[C@@H](NC(=O)OCc1ccccc1)C(=O)NCc1ccc(C(=O)O)cc1. The Morgan fingerprint density at radius 1 is 0.964 bits per heavy atom. The van der Waals surface area contributed by atoms with Crippen molar-refractivity contribution in [3.8, 4) is 0 Å². The average molecular weight is 384 g/mol. The summed E-state index contributed by atoms with van der Waals surface area (Å²) in [7, 11) is 0. The van der Waals surface area contributed by atoms with E-state index in [1.807, 2.05) is 44.2 Å². The highest BCUT2D eigenvalue weighted by atomic mass is 16.5. The zero-order chi connectivity index (χ0) is 20.5. The number of aromatic carboxylic acids is 1. The zero-order valence-electron chi connectivity index (χ0n) is 15.8. The highest BCUT2D eigenvalue weighted by Crippen LogP contribution is 2.07. The van der Waals surface area contributed by atoms with Crippen LogP contribution in [0.3, 0.4) is 0 Å². The van der Waals surface area contributed by atoms with Crippen LogP contribution in [-0.4, -0.2) is 29.1 Å². The lowest BCUT2D eigenvalue weighted by Crippen LogP contribution is -2.49. The molecule has 2 amide bonds. The molecule has 0 aliphatic rings. The second-order valence-electron chi connectivity index (χ2n) is 6.65. The molecule has 0 saturated carbocycles. The van der Waals surface area contributed by atoms with Gasteiger partial charge in [0.05, 0.1) is 5.56 Å². The Balaban J connectivity index is 1.86. The Labute approximate surface area is 163 Å². The number of carbonyl (C=O) groups excluding carboxylic acids is 2. The number of ether oxygens (including phenoxy) is 1. The van der Waals surface area contributed by atoms with Crippen molar-refractivity contribution >= 4 is 18.0 Å². The Bertz CT molecular complexity index is 803. The van der Waals surface area contributed by atoms with Crippen molar-refractivity contribution in [1.29, 1.82) is 0 Å². The highest BCUT2D eigenvalue weighted by Gasteiger charge is 2.24. The normalized spacial score (nSPS) is 11.5. The van der Waals surface area contributed by atoms with E-state index in [1.54, 1.807) is 12.1 Å². The summed E-state index contributed by atoms with van der Waals surface area (Å²) >= 11 is 0. The van der Waals surface area contributed by atoms with Gasteiger partial charge in [0, 0.05) is 6.54 Å². The molecule has 7 nitrogen and oxygen atoms in total. The maximum Gasteiger partial charge on any atom is 0.408 e. The monoisotopic (exact) mass is 384 g/mol. The van der Waals surface area contributed by atoms with Crippen LogP contribution in [-0.2, 0) is 22.7 Å². The van der Waals surface area contributed by atoms with Crippen molar-refractivity contribution in [2.75, 3.05) is 0 Å². The van der Waals surface area contributed by atoms with E-state index in [2.05, 4.69) is 10.6 Å².